The third kappa shape index (κ3) is 3.22. The van der Waals surface area contributed by atoms with Gasteiger partial charge in [0, 0.05) is 5.92 Å². The number of ether oxygens (including phenoxy) is 1. The van der Waals surface area contributed by atoms with E-state index < -0.39 is 0 Å². The van der Waals surface area contributed by atoms with Crippen LogP contribution in [0.3, 0.4) is 0 Å². The molecule has 0 heterocycles. The SMILES string of the molecule is C=C[C@H](COc1ccccc1)c1ccccc1. The van der Waals surface area contributed by atoms with Crippen LogP contribution in [0.25, 0.3) is 0 Å². The molecule has 86 valence electrons. The van der Waals surface area contributed by atoms with Crippen LogP contribution in [0.5, 0.6) is 5.75 Å². The summed E-state index contributed by atoms with van der Waals surface area (Å²) < 4.78 is 5.74. The van der Waals surface area contributed by atoms with Gasteiger partial charge in [0.05, 0.1) is 6.61 Å². The Balaban J connectivity index is 2.00. The number of para-hydroxylation sites is 1. The van der Waals surface area contributed by atoms with E-state index in [2.05, 4.69) is 18.7 Å². The molecule has 1 heteroatoms. The monoisotopic (exact) mass is 224 g/mol. The Labute approximate surface area is 102 Å². The summed E-state index contributed by atoms with van der Waals surface area (Å²) in [7, 11) is 0. The van der Waals surface area contributed by atoms with E-state index in [0.717, 1.165) is 5.75 Å². The summed E-state index contributed by atoms with van der Waals surface area (Å²) in [6, 6.07) is 20.1. The zero-order chi connectivity index (χ0) is 11.9. The largest absolute Gasteiger partial charge is 0.493 e. The third-order valence-corrected chi connectivity index (χ3v) is 2.69. The van der Waals surface area contributed by atoms with Crippen molar-refractivity contribution in [2.75, 3.05) is 6.61 Å². The van der Waals surface area contributed by atoms with E-state index in [-0.39, 0.29) is 5.92 Å². The van der Waals surface area contributed by atoms with Gasteiger partial charge in [-0.2, -0.15) is 0 Å². The Bertz CT molecular complexity index is 447. The summed E-state index contributed by atoms with van der Waals surface area (Å²) >= 11 is 0. The van der Waals surface area contributed by atoms with Crippen LogP contribution in [0, 0.1) is 0 Å². The van der Waals surface area contributed by atoms with Gasteiger partial charge in [-0.05, 0) is 17.7 Å². The standard InChI is InChI=1S/C16H16O/c1-2-14(15-9-5-3-6-10-15)13-17-16-11-7-4-8-12-16/h2-12,14H,1,13H2/t14-/m1/s1. The molecule has 2 aromatic carbocycles. The minimum absolute atomic E-state index is 0.233. The molecule has 0 spiro atoms. The van der Waals surface area contributed by atoms with Crippen molar-refractivity contribution in [2.24, 2.45) is 0 Å². The molecule has 0 unspecified atom stereocenters. The minimum Gasteiger partial charge on any atom is -0.493 e. The van der Waals surface area contributed by atoms with E-state index >= 15 is 0 Å². The molecular weight excluding hydrogens is 208 g/mol. The van der Waals surface area contributed by atoms with Gasteiger partial charge in [0.15, 0.2) is 0 Å². The topological polar surface area (TPSA) is 9.23 Å². The Morgan fingerprint density at radius 2 is 1.53 bits per heavy atom. The molecule has 0 aliphatic rings. The van der Waals surface area contributed by atoms with Gasteiger partial charge >= 0.3 is 0 Å². The Morgan fingerprint density at radius 3 is 2.12 bits per heavy atom. The first-order valence-corrected chi connectivity index (χ1v) is 5.75. The predicted octanol–water partition coefficient (Wildman–Crippen LogP) is 4.04. The molecule has 0 amide bonds. The van der Waals surface area contributed by atoms with E-state index in [1.807, 2.05) is 54.6 Å². The molecule has 1 atom stereocenters. The maximum atomic E-state index is 5.74. The molecule has 0 aliphatic heterocycles. The van der Waals surface area contributed by atoms with Gasteiger partial charge in [0.25, 0.3) is 0 Å². The molecule has 2 rings (SSSR count). The molecule has 1 nitrogen and oxygen atoms in total. The lowest BCUT2D eigenvalue weighted by Gasteiger charge is -2.14. The van der Waals surface area contributed by atoms with E-state index in [1.165, 1.54) is 5.56 Å². The van der Waals surface area contributed by atoms with Crippen molar-refractivity contribution < 1.29 is 4.74 Å². The smallest absolute Gasteiger partial charge is 0.119 e. The molecule has 17 heavy (non-hydrogen) atoms. The van der Waals surface area contributed by atoms with Gasteiger partial charge in [-0.25, -0.2) is 0 Å². The molecular formula is C16H16O. The molecule has 0 saturated heterocycles. The molecule has 0 radical (unpaired) electrons. The number of hydrogen-bond donors (Lipinski definition) is 0. The fourth-order valence-corrected chi connectivity index (χ4v) is 1.70. The molecule has 0 N–H and O–H groups in total. The van der Waals surface area contributed by atoms with Gasteiger partial charge in [0.2, 0.25) is 0 Å². The van der Waals surface area contributed by atoms with Crippen molar-refractivity contribution in [1.82, 2.24) is 0 Å². The molecule has 0 bridgehead atoms. The highest BCUT2D eigenvalue weighted by Crippen LogP contribution is 2.18. The summed E-state index contributed by atoms with van der Waals surface area (Å²) in [6.45, 7) is 4.49. The van der Waals surface area contributed by atoms with Crippen molar-refractivity contribution in [3.05, 3.63) is 78.9 Å². The Morgan fingerprint density at radius 1 is 0.941 bits per heavy atom. The van der Waals surface area contributed by atoms with Crippen LogP contribution < -0.4 is 4.74 Å². The normalized spacial score (nSPS) is 11.8. The van der Waals surface area contributed by atoms with E-state index in [0.29, 0.717) is 6.61 Å². The van der Waals surface area contributed by atoms with E-state index in [9.17, 15) is 0 Å². The Hall–Kier alpha value is -2.02. The lowest BCUT2D eigenvalue weighted by atomic mass is 10.0. The van der Waals surface area contributed by atoms with Gasteiger partial charge in [0.1, 0.15) is 5.75 Å². The average Bonchev–Trinajstić information content (AvgIpc) is 2.42. The first-order valence-electron chi connectivity index (χ1n) is 5.75. The van der Waals surface area contributed by atoms with Crippen molar-refractivity contribution in [1.29, 1.82) is 0 Å². The van der Waals surface area contributed by atoms with Crippen molar-refractivity contribution in [2.45, 2.75) is 5.92 Å². The first-order chi connectivity index (χ1) is 8.40. The minimum atomic E-state index is 0.233. The molecule has 2 aromatic rings. The van der Waals surface area contributed by atoms with Gasteiger partial charge < -0.3 is 4.74 Å². The fraction of sp³-hybridized carbons (Fsp3) is 0.125. The lowest BCUT2D eigenvalue weighted by Crippen LogP contribution is -2.07. The number of benzene rings is 2. The molecule has 0 aromatic heterocycles. The van der Waals surface area contributed by atoms with Crippen LogP contribution in [-0.4, -0.2) is 6.61 Å². The second-order valence-electron chi connectivity index (χ2n) is 3.88. The van der Waals surface area contributed by atoms with Crippen molar-refractivity contribution in [3.8, 4) is 5.75 Å². The van der Waals surface area contributed by atoms with Gasteiger partial charge in [-0.3, -0.25) is 0 Å². The second kappa shape index (κ2) is 5.90. The lowest BCUT2D eigenvalue weighted by molar-refractivity contribution is 0.306. The molecule has 0 fully saturated rings. The van der Waals surface area contributed by atoms with Gasteiger partial charge in [-0.1, -0.05) is 54.6 Å². The van der Waals surface area contributed by atoms with Crippen LogP contribution in [-0.2, 0) is 0 Å². The zero-order valence-corrected chi connectivity index (χ0v) is 9.75. The highest BCUT2D eigenvalue weighted by Gasteiger charge is 2.07. The maximum absolute atomic E-state index is 5.74. The summed E-state index contributed by atoms with van der Waals surface area (Å²) in [5.41, 5.74) is 1.23. The van der Waals surface area contributed by atoms with Crippen LogP contribution in [0.4, 0.5) is 0 Å². The third-order valence-electron chi connectivity index (χ3n) is 2.69. The predicted molar refractivity (Wildman–Crippen MR) is 71.3 cm³/mol. The van der Waals surface area contributed by atoms with Crippen LogP contribution in [0.15, 0.2) is 73.3 Å². The summed E-state index contributed by atoms with van der Waals surface area (Å²) in [4.78, 5) is 0. The van der Waals surface area contributed by atoms with Gasteiger partial charge in [-0.15, -0.1) is 6.58 Å². The zero-order valence-electron chi connectivity index (χ0n) is 9.75. The maximum Gasteiger partial charge on any atom is 0.119 e. The first kappa shape index (κ1) is 11.5. The molecule has 0 saturated carbocycles. The quantitative estimate of drug-likeness (QED) is 0.696. The molecule has 0 aliphatic carbocycles. The van der Waals surface area contributed by atoms with Crippen LogP contribution in [0.2, 0.25) is 0 Å². The average molecular weight is 224 g/mol. The van der Waals surface area contributed by atoms with Crippen LogP contribution >= 0.6 is 0 Å². The Kier molecular flexibility index (Phi) is 3.98. The highest BCUT2D eigenvalue weighted by atomic mass is 16.5. The number of rotatable bonds is 5. The van der Waals surface area contributed by atoms with Crippen LogP contribution in [0.1, 0.15) is 11.5 Å². The van der Waals surface area contributed by atoms with Crippen molar-refractivity contribution >= 4 is 0 Å². The number of hydrogen-bond acceptors (Lipinski definition) is 1. The highest BCUT2D eigenvalue weighted by molar-refractivity contribution is 5.25. The van der Waals surface area contributed by atoms with E-state index in [1.54, 1.807) is 0 Å². The summed E-state index contributed by atoms with van der Waals surface area (Å²) in [5, 5.41) is 0. The fourth-order valence-electron chi connectivity index (χ4n) is 1.70. The summed E-state index contributed by atoms with van der Waals surface area (Å²) in [6.07, 6.45) is 1.93. The summed E-state index contributed by atoms with van der Waals surface area (Å²) in [5.74, 6) is 1.13. The van der Waals surface area contributed by atoms with Crippen molar-refractivity contribution in [3.63, 3.8) is 0 Å². The second-order valence-corrected chi connectivity index (χ2v) is 3.88. The van der Waals surface area contributed by atoms with E-state index in [4.69, 9.17) is 4.74 Å².